The minimum absolute atomic E-state index is 0.0691. The Morgan fingerprint density at radius 2 is 1.81 bits per heavy atom. The summed E-state index contributed by atoms with van der Waals surface area (Å²) >= 11 is 1.63. The van der Waals surface area contributed by atoms with Crippen LogP contribution in [0.15, 0.2) is 29.0 Å². The second-order valence-electron chi connectivity index (χ2n) is 9.98. The molecule has 0 atom stereocenters. The van der Waals surface area contributed by atoms with Gasteiger partial charge in [-0.05, 0) is 59.2 Å². The third-order valence-corrected chi connectivity index (χ3v) is 7.39. The average Bonchev–Trinajstić information content (AvgIpc) is 3.46. The van der Waals surface area contributed by atoms with Crippen molar-refractivity contribution < 1.29 is 9.59 Å². The molecule has 4 heterocycles. The number of amides is 2. The van der Waals surface area contributed by atoms with Crippen LogP contribution in [0.1, 0.15) is 61.8 Å². The molecule has 0 unspecified atom stereocenters. The minimum atomic E-state index is -0.0836. The zero-order chi connectivity index (χ0) is 22.2. The fourth-order valence-electron chi connectivity index (χ4n) is 4.56. The summed E-state index contributed by atoms with van der Waals surface area (Å²) in [4.78, 5) is 29.7. The summed E-state index contributed by atoms with van der Waals surface area (Å²) in [5.74, 6) is 0.149. The van der Waals surface area contributed by atoms with Crippen LogP contribution in [-0.4, -0.2) is 57.6 Å². The van der Waals surface area contributed by atoms with Gasteiger partial charge >= 0.3 is 0 Å². The van der Waals surface area contributed by atoms with Crippen molar-refractivity contribution in [2.24, 2.45) is 12.5 Å². The average molecular weight is 441 g/mol. The van der Waals surface area contributed by atoms with Crippen molar-refractivity contribution in [1.82, 2.24) is 19.6 Å². The number of carbonyl (C=O) groups is 2. The molecule has 4 rings (SSSR count). The quantitative estimate of drug-likeness (QED) is 0.679. The third kappa shape index (κ3) is 4.61. The van der Waals surface area contributed by atoms with E-state index in [2.05, 4.69) is 25.9 Å². The summed E-state index contributed by atoms with van der Waals surface area (Å²) in [5, 5.41) is 8.61. The highest BCUT2D eigenvalue weighted by molar-refractivity contribution is 7.08. The second-order valence-corrected chi connectivity index (χ2v) is 10.8. The number of piperidine rings is 1. The summed E-state index contributed by atoms with van der Waals surface area (Å²) in [6.07, 6.45) is 6.48. The van der Waals surface area contributed by atoms with Crippen LogP contribution in [-0.2, 0) is 17.3 Å². The Kier molecular flexibility index (Phi) is 5.81. The van der Waals surface area contributed by atoms with E-state index in [0.717, 1.165) is 56.7 Å². The Morgan fingerprint density at radius 1 is 1.13 bits per heavy atom. The van der Waals surface area contributed by atoms with Crippen LogP contribution in [0.25, 0.3) is 6.08 Å². The number of hydrogen-bond donors (Lipinski definition) is 0. The zero-order valence-corrected chi connectivity index (χ0v) is 19.7. The molecule has 1 spiro atoms. The maximum atomic E-state index is 13.2. The van der Waals surface area contributed by atoms with Crippen LogP contribution < -0.4 is 0 Å². The fraction of sp³-hybridized carbons (Fsp3) is 0.542. The van der Waals surface area contributed by atoms with Crippen LogP contribution in [0.4, 0.5) is 0 Å². The predicted molar refractivity (Wildman–Crippen MR) is 124 cm³/mol. The number of aryl methyl sites for hydroxylation is 1. The normalized spacial score (nSPS) is 19.0. The van der Waals surface area contributed by atoms with E-state index in [1.165, 1.54) is 0 Å². The van der Waals surface area contributed by atoms with E-state index < -0.39 is 0 Å². The molecule has 0 bridgehead atoms. The van der Waals surface area contributed by atoms with Gasteiger partial charge in [0.05, 0.1) is 5.69 Å². The highest BCUT2D eigenvalue weighted by Gasteiger charge is 2.43. The molecule has 2 aliphatic rings. The van der Waals surface area contributed by atoms with Gasteiger partial charge in [0.25, 0.3) is 5.91 Å². The lowest BCUT2D eigenvalue weighted by Gasteiger charge is -2.38. The molecule has 166 valence electrons. The van der Waals surface area contributed by atoms with E-state index in [1.54, 1.807) is 22.1 Å². The van der Waals surface area contributed by atoms with Crippen molar-refractivity contribution in [1.29, 1.82) is 0 Å². The van der Waals surface area contributed by atoms with Gasteiger partial charge in [-0.2, -0.15) is 16.4 Å². The van der Waals surface area contributed by atoms with Gasteiger partial charge in [-0.3, -0.25) is 14.3 Å². The number of nitrogens with zero attached hydrogens (tertiary/aromatic N) is 4. The van der Waals surface area contributed by atoms with Gasteiger partial charge in [-0.1, -0.05) is 20.8 Å². The van der Waals surface area contributed by atoms with Crippen molar-refractivity contribution in [3.8, 4) is 0 Å². The Balaban J connectivity index is 1.35. The van der Waals surface area contributed by atoms with Crippen molar-refractivity contribution in [2.45, 2.75) is 45.4 Å². The summed E-state index contributed by atoms with van der Waals surface area (Å²) in [5.41, 5.74) is 2.72. The van der Waals surface area contributed by atoms with E-state index in [9.17, 15) is 9.59 Å². The van der Waals surface area contributed by atoms with Crippen LogP contribution in [0.5, 0.6) is 0 Å². The first-order chi connectivity index (χ1) is 14.7. The zero-order valence-electron chi connectivity index (χ0n) is 18.9. The molecule has 2 aliphatic heterocycles. The Morgan fingerprint density at radius 3 is 2.39 bits per heavy atom. The molecule has 0 radical (unpaired) electrons. The number of thiophene rings is 1. The maximum absolute atomic E-state index is 13.2. The van der Waals surface area contributed by atoms with Crippen molar-refractivity contribution >= 4 is 29.2 Å². The maximum Gasteiger partial charge on any atom is 0.272 e. The summed E-state index contributed by atoms with van der Waals surface area (Å²) in [6, 6.07) is 3.95. The second kappa shape index (κ2) is 8.26. The highest BCUT2D eigenvalue weighted by Crippen LogP contribution is 2.41. The Labute approximate surface area is 188 Å². The molecule has 2 fully saturated rings. The van der Waals surface area contributed by atoms with E-state index in [0.29, 0.717) is 5.69 Å². The monoisotopic (exact) mass is 440 g/mol. The lowest BCUT2D eigenvalue weighted by atomic mass is 9.78. The molecule has 0 aromatic carbocycles. The molecule has 7 heteroatoms. The fourth-order valence-corrected chi connectivity index (χ4v) is 5.19. The Hall–Kier alpha value is -2.41. The van der Waals surface area contributed by atoms with Crippen molar-refractivity contribution in [3.05, 3.63) is 45.9 Å². The first-order valence-corrected chi connectivity index (χ1v) is 11.9. The van der Waals surface area contributed by atoms with Gasteiger partial charge in [0.15, 0.2) is 0 Å². The molecular weight excluding hydrogens is 408 g/mol. The van der Waals surface area contributed by atoms with Gasteiger partial charge in [-0.15, -0.1) is 0 Å². The van der Waals surface area contributed by atoms with Crippen LogP contribution in [0.3, 0.4) is 0 Å². The molecule has 0 saturated carbocycles. The summed E-state index contributed by atoms with van der Waals surface area (Å²) < 4.78 is 1.72. The van der Waals surface area contributed by atoms with Gasteiger partial charge in [0.2, 0.25) is 5.91 Å². The summed E-state index contributed by atoms with van der Waals surface area (Å²) in [6.45, 7) is 9.40. The van der Waals surface area contributed by atoms with Gasteiger partial charge in [-0.25, -0.2) is 0 Å². The van der Waals surface area contributed by atoms with Crippen molar-refractivity contribution in [2.75, 3.05) is 26.2 Å². The van der Waals surface area contributed by atoms with Crippen LogP contribution >= 0.6 is 11.3 Å². The molecule has 2 aromatic heterocycles. The molecule has 0 aliphatic carbocycles. The molecule has 6 nitrogen and oxygen atoms in total. The minimum Gasteiger partial charge on any atom is -0.339 e. The molecular formula is C24H32N4O2S. The predicted octanol–water partition coefficient (Wildman–Crippen LogP) is 3.95. The first-order valence-electron chi connectivity index (χ1n) is 11.0. The van der Waals surface area contributed by atoms with E-state index in [4.69, 9.17) is 0 Å². The summed E-state index contributed by atoms with van der Waals surface area (Å²) in [7, 11) is 1.85. The van der Waals surface area contributed by atoms with Crippen LogP contribution in [0.2, 0.25) is 0 Å². The molecule has 2 aromatic rings. The Bertz CT molecular complexity index is 976. The highest BCUT2D eigenvalue weighted by atomic mass is 32.1. The lowest BCUT2D eigenvalue weighted by Crippen LogP contribution is -2.44. The van der Waals surface area contributed by atoms with Gasteiger partial charge in [0.1, 0.15) is 5.69 Å². The number of hydrogen-bond acceptors (Lipinski definition) is 4. The standard InChI is InChI=1S/C24H32N4O2S/c1-23(2,3)20-15-19(26(4)25-20)22(30)28-13-10-24(17-28)8-11-27(12-9-24)21(29)6-5-18-7-14-31-16-18/h5-7,14-16H,8-13,17H2,1-4H3. The van der Waals surface area contributed by atoms with Crippen molar-refractivity contribution in [3.63, 3.8) is 0 Å². The molecule has 0 N–H and O–H groups in total. The number of aromatic nitrogens is 2. The molecule has 2 saturated heterocycles. The topological polar surface area (TPSA) is 58.4 Å². The first kappa shape index (κ1) is 21.8. The van der Waals surface area contributed by atoms with Crippen LogP contribution in [0, 0.1) is 5.41 Å². The lowest BCUT2D eigenvalue weighted by molar-refractivity contribution is -0.128. The third-order valence-electron chi connectivity index (χ3n) is 6.69. The van der Waals surface area contributed by atoms with E-state index >= 15 is 0 Å². The number of likely N-dealkylation sites (tertiary alicyclic amines) is 2. The largest absolute Gasteiger partial charge is 0.339 e. The molecule has 2 amide bonds. The SMILES string of the molecule is Cn1nc(C(C)(C)C)cc1C(=O)N1CCC2(CCN(C(=O)C=Cc3ccsc3)CC2)C1. The number of rotatable bonds is 3. The van der Waals surface area contributed by atoms with E-state index in [-0.39, 0.29) is 22.6 Å². The van der Waals surface area contributed by atoms with E-state index in [1.807, 2.05) is 45.8 Å². The van der Waals surface area contributed by atoms with Gasteiger partial charge in [0, 0.05) is 44.7 Å². The molecule has 31 heavy (non-hydrogen) atoms. The number of carbonyl (C=O) groups excluding carboxylic acids is 2. The smallest absolute Gasteiger partial charge is 0.272 e. The van der Waals surface area contributed by atoms with Gasteiger partial charge < -0.3 is 9.80 Å².